The standard InChI is InChI=1S/C29H24Cl2N4O5S/c1-18-3-9-24(10-4-18)41(39,40)16-26(36)34-15-25(20-7-5-19(14-32)6-8-20)29(17-34)27(37)35(28(38)33(29)2)23-12-21(30)11-22(31)13-23/h3-13,25H,15-17H2,1-2H3/t25-,29+/m0/s1. The van der Waals surface area contributed by atoms with Crippen molar-refractivity contribution >= 4 is 56.6 Å². The summed E-state index contributed by atoms with van der Waals surface area (Å²) in [6.07, 6.45) is 0. The van der Waals surface area contributed by atoms with E-state index in [1.807, 2.05) is 13.0 Å². The first-order chi connectivity index (χ1) is 19.4. The van der Waals surface area contributed by atoms with E-state index < -0.39 is 44.9 Å². The van der Waals surface area contributed by atoms with E-state index in [1.54, 1.807) is 36.4 Å². The van der Waals surface area contributed by atoms with Crippen molar-refractivity contribution in [3.63, 3.8) is 0 Å². The van der Waals surface area contributed by atoms with E-state index in [0.29, 0.717) is 11.1 Å². The molecule has 2 fully saturated rings. The van der Waals surface area contributed by atoms with Crippen LogP contribution >= 0.6 is 23.2 Å². The summed E-state index contributed by atoms with van der Waals surface area (Å²) in [4.78, 5) is 44.9. The number of sulfone groups is 1. The number of halogens is 2. The molecule has 0 saturated carbocycles. The fourth-order valence-corrected chi connectivity index (χ4v) is 7.22. The van der Waals surface area contributed by atoms with Gasteiger partial charge in [-0.25, -0.2) is 18.1 Å². The van der Waals surface area contributed by atoms with E-state index in [2.05, 4.69) is 0 Å². The Morgan fingerprint density at radius 3 is 2.22 bits per heavy atom. The van der Waals surface area contributed by atoms with Crippen LogP contribution in [-0.2, 0) is 19.4 Å². The number of amides is 4. The van der Waals surface area contributed by atoms with Crippen LogP contribution in [0.5, 0.6) is 0 Å². The molecule has 2 aliphatic rings. The largest absolute Gasteiger partial charge is 0.338 e. The molecule has 4 amide bonds. The first kappa shape index (κ1) is 28.6. The van der Waals surface area contributed by atoms with E-state index in [1.165, 1.54) is 47.2 Å². The maximum absolute atomic E-state index is 14.3. The van der Waals surface area contributed by atoms with Gasteiger partial charge in [-0.15, -0.1) is 0 Å². The second kappa shape index (κ2) is 10.5. The molecule has 0 radical (unpaired) electrons. The summed E-state index contributed by atoms with van der Waals surface area (Å²) in [5.74, 6) is -2.82. The second-order valence-electron chi connectivity index (χ2n) is 10.2. The molecule has 2 atom stereocenters. The van der Waals surface area contributed by atoms with Gasteiger partial charge in [-0.1, -0.05) is 53.0 Å². The van der Waals surface area contributed by atoms with Crippen molar-refractivity contribution in [3.05, 3.63) is 93.5 Å². The van der Waals surface area contributed by atoms with Crippen LogP contribution < -0.4 is 4.90 Å². The molecule has 5 rings (SSSR count). The third-order valence-corrected chi connectivity index (χ3v) is 9.71. The molecule has 0 aliphatic carbocycles. The number of rotatable bonds is 5. The van der Waals surface area contributed by atoms with Crippen molar-refractivity contribution in [3.8, 4) is 6.07 Å². The Labute approximate surface area is 247 Å². The number of likely N-dealkylation sites (N-methyl/N-ethyl adjacent to an activating group) is 1. The van der Waals surface area contributed by atoms with E-state index in [9.17, 15) is 28.1 Å². The predicted molar refractivity (Wildman–Crippen MR) is 154 cm³/mol. The molecule has 2 heterocycles. The first-order valence-electron chi connectivity index (χ1n) is 12.5. The van der Waals surface area contributed by atoms with Crippen molar-refractivity contribution < 1.29 is 22.8 Å². The van der Waals surface area contributed by atoms with Crippen molar-refractivity contribution in [2.75, 3.05) is 30.8 Å². The highest BCUT2D eigenvalue weighted by molar-refractivity contribution is 7.92. The van der Waals surface area contributed by atoms with Gasteiger partial charge in [-0.3, -0.25) is 9.59 Å². The van der Waals surface area contributed by atoms with Crippen LogP contribution in [0, 0.1) is 18.3 Å². The van der Waals surface area contributed by atoms with E-state index >= 15 is 0 Å². The van der Waals surface area contributed by atoms with Crippen molar-refractivity contribution in [2.45, 2.75) is 23.3 Å². The lowest BCUT2D eigenvalue weighted by molar-refractivity contribution is -0.128. The number of carbonyl (C=O) groups is 3. The Kier molecular flexibility index (Phi) is 7.32. The Bertz CT molecular complexity index is 1700. The van der Waals surface area contributed by atoms with Gasteiger partial charge in [0.2, 0.25) is 5.91 Å². The lowest BCUT2D eigenvalue weighted by Gasteiger charge is -2.33. The molecule has 1 spiro atoms. The molecule has 3 aromatic carbocycles. The zero-order chi connectivity index (χ0) is 29.7. The van der Waals surface area contributed by atoms with Crippen molar-refractivity contribution in [2.24, 2.45) is 0 Å². The summed E-state index contributed by atoms with van der Waals surface area (Å²) in [7, 11) is -2.50. The van der Waals surface area contributed by atoms with Crippen LogP contribution in [0.1, 0.15) is 22.6 Å². The van der Waals surface area contributed by atoms with Crippen LogP contribution in [-0.4, -0.2) is 67.5 Å². The van der Waals surface area contributed by atoms with Gasteiger partial charge in [0.25, 0.3) is 5.91 Å². The number of urea groups is 1. The number of benzene rings is 3. The van der Waals surface area contributed by atoms with Gasteiger partial charge in [0.15, 0.2) is 9.84 Å². The third-order valence-electron chi connectivity index (χ3n) is 7.66. The van der Waals surface area contributed by atoms with Gasteiger partial charge in [0, 0.05) is 29.6 Å². The molecular formula is C29H24Cl2N4O5S. The maximum Gasteiger partial charge on any atom is 0.332 e. The quantitative estimate of drug-likeness (QED) is 0.395. The minimum atomic E-state index is -3.97. The van der Waals surface area contributed by atoms with Crippen LogP contribution in [0.4, 0.5) is 10.5 Å². The van der Waals surface area contributed by atoms with Crippen molar-refractivity contribution in [1.82, 2.24) is 9.80 Å². The van der Waals surface area contributed by atoms with Gasteiger partial charge < -0.3 is 9.80 Å². The Morgan fingerprint density at radius 2 is 1.63 bits per heavy atom. The van der Waals surface area contributed by atoms with Gasteiger partial charge in [-0.2, -0.15) is 5.26 Å². The molecule has 9 nitrogen and oxygen atoms in total. The number of hydrogen-bond donors (Lipinski definition) is 0. The van der Waals surface area contributed by atoms with Crippen LogP contribution in [0.15, 0.2) is 71.6 Å². The molecule has 0 unspecified atom stereocenters. The molecule has 0 bridgehead atoms. The lowest BCUT2D eigenvalue weighted by Crippen LogP contribution is -2.54. The first-order valence-corrected chi connectivity index (χ1v) is 14.9. The number of carbonyl (C=O) groups excluding carboxylic acids is 3. The molecule has 12 heteroatoms. The Balaban J connectivity index is 1.55. The molecule has 41 heavy (non-hydrogen) atoms. The highest BCUT2D eigenvalue weighted by Gasteiger charge is 2.65. The average molecular weight is 612 g/mol. The highest BCUT2D eigenvalue weighted by atomic mass is 35.5. The monoisotopic (exact) mass is 610 g/mol. The van der Waals surface area contributed by atoms with Gasteiger partial charge in [0.1, 0.15) is 11.3 Å². The van der Waals surface area contributed by atoms with Gasteiger partial charge in [0.05, 0.1) is 28.8 Å². The molecule has 0 aromatic heterocycles. The van der Waals surface area contributed by atoms with Gasteiger partial charge in [-0.05, 0) is 55.0 Å². The molecule has 3 aromatic rings. The topological polar surface area (TPSA) is 119 Å². The summed E-state index contributed by atoms with van der Waals surface area (Å²) < 4.78 is 26.2. The fourth-order valence-electron chi connectivity index (χ4n) is 5.48. The van der Waals surface area contributed by atoms with Gasteiger partial charge >= 0.3 is 6.03 Å². The zero-order valence-corrected chi connectivity index (χ0v) is 24.4. The molecule has 2 saturated heterocycles. The summed E-state index contributed by atoms with van der Waals surface area (Å²) in [6, 6.07) is 18.5. The highest BCUT2D eigenvalue weighted by Crippen LogP contribution is 2.46. The zero-order valence-electron chi connectivity index (χ0n) is 22.0. The minimum Gasteiger partial charge on any atom is -0.338 e. The van der Waals surface area contributed by atoms with Crippen LogP contribution in [0.2, 0.25) is 10.0 Å². The number of anilines is 1. The summed E-state index contributed by atoms with van der Waals surface area (Å²) >= 11 is 12.3. The van der Waals surface area contributed by atoms with Crippen LogP contribution in [0.25, 0.3) is 0 Å². The minimum absolute atomic E-state index is 0.0160. The second-order valence-corrected chi connectivity index (χ2v) is 13.0. The Morgan fingerprint density at radius 1 is 1.02 bits per heavy atom. The summed E-state index contributed by atoms with van der Waals surface area (Å²) in [5.41, 5.74) is 0.505. The average Bonchev–Trinajstić information content (AvgIpc) is 3.41. The van der Waals surface area contributed by atoms with E-state index in [-0.39, 0.29) is 33.7 Å². The maximum atomic E-state index is 14.3. The smallest absolute Gasteiger partial charge is 0.332 e. The molecule has 0 N–H and O–H groups in total. The number of imide groups is 1. The van der Waals surface area contributed by atoms with Crippen molar-refractivity contribution in [1.29, 1.82) is 5.26 Å². The molecular weight excluding hydrogens is 587 g/mol. The summed E-state index contributed by atoms with van der Waals surface area (Å²) in [6.45, 7) is 1.57. The predicted octanol–water partition coefficient (Wildman–Crippen LogP) is 4.41. The van der Waals surface area contributed by atoms with E-state index in [0.717, 1.165) is 10.5 Å². The number of likely N-dealkylation sites (tertiary alicyclic amines) is 1. The normalized spacial score (nSPS) is 20.7. The van der Waals surface area contributed by atoms with Crippen LogP contribution in [0.3, 0.4) is 0 Å². The molecule has 210 valence electrons. The molecule has 2 aliphatic heterocycles. The summed E-state index contributed by atoms with van der Waals surface area (Å²) in [5, 5.41) is 9.71. The lowest BCUT2D eigenvalue weighted by atomic mass is 9.80. The third kappa shape index (κ3) is 4.95. The van der Waals surface area contributed by atoms with E-state index in [4.69, 9.17) is 23.2 Å². The Hall–Kier alpha value is -3.91. The number of hydrogen-bond acceptors (Lipinski definition) is 6. The fraction of sp³-hybridized carbons (Fsp3) is 0.241. The SMILES string of the molecule is Cc1ccc(S(=O)(=O)CC(=O)N2C[C@@H](c3ccc(C#N)cc3)[C@]3(C2)C(=O)N(c2cc(Cl)cc(Cl)c2)C(=O)N3C)cc1. The number of nitrogens with zero attached hydrogens (tertiary/aromatic N) is 4. The number of aryl methyl sites for hydroxylation is 1. The number of nitriles is 1.